The maximum absolute atomic E-state index is 6.62. The van der Waals surface area contributed by atoms with E-state index in [1.807, 2.05) is 12.1 Å². The molecule has 0 atom stereocenters. The van der Waals surface area contributed by atoms with Crippen LogP contribution in [0.2, 0.25) is 0 Å². The van der Waals surface area contributed by atoms with E-state index < -0.39 is 0 Å². The zero-order valence-electron chi connectivity index (χ0n) is 26.6. The lowest BCUT2D eigenvalue weighted by Gasteiger charge is -2.26. The summed E-state index contributed by atoms with van der Waals surface area (Å²) in [6, 6.07) is 64.9. The van der Waals surface area contributed by atoms with E-state index in [1.165, 1.54) is 43.7 Å². The highest BCUT2D eigenvalue weighted by atomic mass is 16.3. The van der Waals surface area contributed by atoms with Crippen molar-refractivity contribution in [2.24, 2.45) is 0 Å². The Balaban J connectivity index is 1.20. The largest absolute Gasteiger partial charge is 0.454 e. The minimum absolute atomic E-state index is 0.869. The molecule has 0 saturated carbocycles. The smallest absolute Gasteiger partial charge is 0.159 e. The summed E-state index contributed by atoms with van der Waals surface area (Å²) < 4.78 is 8.98. The van der Waals surface area contributed by atoms with Gasteiger partial charge in [-0.15, -0.1) is 0 Å². The van der Waals surface area contributed by atoms with E-state index in [0.717, 1.165) is 44.7 Å². The molecular weight excluding hydrogens is 597 g/mol. The zero-order valence-corrected chi connectivity index (χ0v) is 26.6. The maximum atomic E-state index is 6.62. The van der Waals surface area contributed by atoms with E-state index in [9.17, 15) is 0 Å². The lowest BCUT2D eigenvalue weighted by molar-refractivity contribution is 0.669. The Morgan fingerprint density at radius 2 is 1.08 bits per heavy atom. The molecule has 0 fully saturated rings. The Bertz CT molecular complexity index is 2820. The third-order valence-corrected chi connectivity index (χ3v) is 9.78. The number of fused-ring (bicyclic) bond motifs is 7. The average molecular weight is 627 g/mol. The molecule has 0 aliphatic heterocycles. The number of rotatable bonds is 5. The van der Waals surface area contributed by atoms with Crippen LogP contribution < -0.4 is 4.90 Å². The fourth-order valence-electron chi connectivity index (χ4n) is 7.56. The monoisotopic (exact) mass is 626 g/mol. The summed E-state index contributed by atoms with van der Waals surface area (Å²) in [5, 5.41) is 7.13. The van der Waals surface area contributed by atoms with Gasteiger partial charge in [0.2, 0.25) is 0 Å². The highest BCUT2D eigenvalue weighted by Crippen LogP contribution is 2.44. The third kappa shape index (κ3) is 4.37. The van der Waals surface area contributed by atoms with Crippen molar-refractivity contribution in [1.29, 1.82) is 0 Å². The first kappa shape index (κ1) is 27.5. The van der Waals surface area contributed by atoms with E-state index in [1.54, 1.807) is 0 Å². The van der Waals surface area contributed by atoms with Crippen LogP contribution in [0.15, 0.2) is 186 Å². The number of furan rings is 1. The first-order valence-corrected chi connectivity index (χ1v) is 16.7. The molecule has 230 valence electrons. The molecule has 2 heterocycles. The molecule has 0 aliphatic carbocycles. The highest BCUT2D eigenvalue weighted by Gasteiger charge is 2.21. The maximum Gasteiger partial charge on any atom is 0.159 e. The predicted molar refractivity (Wildman–Crippen MR) is 206 cm³/mol. The van der Waals surface area contributed by atoms with Gasteiger partial charge in [0.1, 0.15) is 5.58 Å². The quantitative estimate of drug-likeness (QED) is 0.190. The molecule has 10 aromatic rings. The third-order valence-electron chi connectivity index (χ3n) is 9.78. The Morgan fingerprint density at radius 3 is 1.96 bits per heavy atom. The van der Waals surface area contributed by atoms with Crippen molar-refractivity contribution in [1.82, 2.24) is 4.57 Å². The van der Waals surface area contributed by atoms with Gasteiger partial charge in [-0.3, -0.25) is 0 Å². The molecule has 0 N–H and O–H groups in total. The zero-order chi connectivity index (χ0) is 32.3. The van der Waals surface area contributed by atoms with Crippen molar-refractivity contribution in [3.05, 3.63) is 182 Å². The number of anilines is 3. The minimum Gasteiger partial charge on any atom is -0.454 e. The van der Waals surface area contributed by atoms with Gasteiger partial charge in [0.15, 0.2) is 5.58 Å². The summed E-state index contributed by atoms with van der Waals surface area (Å²) in [6.45, 7) is 0. The van der Waals surface area contributed by atoms with Crippen LogP contribution in [0.1, 0.15) is 0 Å². The number of hydrogen-bond donors (Lipinski definition) is 0. The van der Waals surface area contributed by atoms with Crippen LogP contribution >= 0.6 is 0 Å². The second-order valence-corrected chi connectivity index (χ2v) is 12.6. The molecule has 0 unspecified atom stereocenters. The van der Waals surface area contributed by atoms with Gasteiger partial charge in [-0.1, -0.05) is 121 Å². The van der Waals surface area contributed by atoms with Gasteiger partial charge in [-0.2, -0.15) is 0 Å². The molecule has 0 aliphatic rings. The number of benzene rings is 8. The van der Waals surface area contributed by atoms with Gasteiger partial charge in [0.05, 0.1) is 16.7 Å². The molecular formula is C46H30N2O. The molecule has 0 bridgehead atoms. The second-order valence-electron chi connectivity index (χ2n) is 12.6. The van der Waals surface area contributed by atoms with Crippen LogP contribution in [-0.4, -0.2) is 4.57 Å². The van der Waals surface area contributed by atoms with Crippen LogP contribution in [0, 0.1) is 0 Å². The van der Waals surface area contributed by atoms with Crippen LogP contribution in [0.4, 0.5) is 17.1 Å². The van der Waals surface area contributed by atoms with E-state index >= 15 is 0 Å². The first-order valence-electron chi connectivity index (χ1n) is 16.7. The van der Waals surface area contributed by atoms with Crippen LogP contribution in [0.3, 0.4) is 0 Å². The number of aromatic nitrogens is 1. The normalized spacial score (nSPS) is 11.7. The van der Waals surface area contributed by atoms with Crippen LogP contribution in [0.5, 0.6) is 0 Å². The van der Waals surface area contributed by atoms with Gasteiger partial charge in [-0.25, -0.2) is 0 Å². The van der Waals surface area contributed by atoms with Crippen molar-refractivity contribution < 1.29 is 4.42 Å². The van der Waals surface area contributed by atoms with Crippen molar-refractivity contribution in [2.45, 2.75) is 0 Å². The molecule has 8 aromatic carbocycles. The molecule has 0 saturated heterocycles. The Hall–Kier alpha value is -6.58. The SMILES string of the molecule is c1ccc(-n2c3ccccc3c3cc(N(c4ccc(-c5cccc6ccccc56)cc4)c4cccc5c4oc4ccccc45)ccc32)cc1. The molecule has 3 heteroatoms. The standard InChI is InChI=1S/C46H30N2O/c1-2-14-33(15-3-1)48-42-21-8-6-17-38(42)41-30-35(28-29-43(41)48)47(44-22-11-20-40-39-18-7-9-23-45(39)49-46(40)44)34-26-24-32(25-27-34)37-19-10-13-31-12-4-5-16-36(31)37/h1-30H. The van der Waals surface area contributed by atoms with Crippen molar-refractivity contribution >= 4 is 71.6 Å². The number of nitrogens with zero attached hydrogens (tertiary/aromatic N) is 2. The van der Waals surface area contributed by atoms with Gasteiger partial charge in [-0.05, 0) is 82.6 Å². The molecule has 3 nitrogen and oxygen atoms in total. The number of para-hydroxylation sites is 4. The fraction of sp³-hybridized carbons (Fsp3) is 0. The predicted octanol–water partition coefficient (Wildman–Crippen LogP) is 13.0. The van der Waals surface area contributed by atoms with Gasteiger partial charge < -0.3 is 13.9 Å². The molecule has 49 heavy (non-hydrogen) atoms. The number of hydrogen-bond acceptors (Lipinski definition) is 2. The van der Waals surface area contributed by atoms with Crippen LogP contribution in [0.25, 0.3) is 71.3 Å². The lowest BCUT2D eigenvalue weighted by Crippen LogP contribution is -2.10. The summed E-state index contributed by atoms with van der Waals surface area (Å²) in [7, 11) is 0. The van der Waals surface area contributed by atoms with Gasteiger partial charge in [0.25, 0.3) is 0 Å². The Kier molecular flexibility index (Phi) is 6.18. The van der Waals surface area contributed by atoms with Gasteiger partial charge in [0, 0.05) is 38.6 Å². The van der Waals surface area contributed by atoms with E-state index in [2.05, 4.69) is 179 Å². The van der Waals surface area contributed by atoms with Crippen molar-refractivity contribution in [3.8, 4) is 16.8 Å². The molecule has 0 spiro atoms. The molecule has 10 rings (SSSR count). The summed E-state index contributed by atoms with van der Waals surface area (Å²) in [4.78, 5) is 2.34. The van der Waals surface area contributed by atoms with E-state index in [-0.39, 0.29) is 0 Å². The lowest BCUT2D eigenvalue weighted by atomic mass is 9.98. The van der Waals surface area contributed by atoms with E-state index in [4.69, 9.17) is 4.42 Å². The summed E-state index contributed by atoms with van der Waals surface area (Å²) in [6.07, 6.45) is 0. The summed E-state index contributed by atoms with van der Waals surface area (Å²) in [5.74, 6) is 0. The average Bonchev–Trinajstić information content (AvgIpc) is 3.72. The topological polar surface area (TPSA) is 21.3 Å². The minimum atomic E-state index is 0.869. The van der Waals surface area contributed by atoms with Crippen LogP contribution in [-0.2, 0) is 0 Å². The Labute approximate surface area is 283 Å². The van der Waals surface area contributed by atoms with Crippen molar-refractivity contribution in [2.75, 3.05) is 4.90 Å². The molecule has 0 radical (unpaired) electrons. The Morgan fingerprint density at radius 1 is 0.429 bits per heavy atom. The van der Waals surface area contributed by atoms with Crippen molar-refractivity contribution in [3.63, 3.8) is 0 Å². The van der Waals surface area contributed by atoms with E-state index in [0.29, 0.717) is 0 Å². The molecule has 0 amide bonds. The van der Waals surface area contributed by atoms with Gasteiger partial charge >= 0.3 is 0 Å². The second kappa shape index (κ2) is 11.0. The first-order chi connectivity index (χ1) is 24.3. The fourth-order valence-corrected chi connectivity index (χ4v) is 7.56. The summed E-state index contributed by atoms with van der Waals surface area (Å²) >= 11 is 0. The summed E-state index contributed by atoms with van der Waals surface area (Å²) in [5.41, 5.74) is 10.8. The highest BCUT2D eigenvalue weighted by molar-refractivity contribution is 6.13. The molecule has 2 aromatic heterocycles.